The molecule has 1 saturated carbocycles. The molecule has 0 radical (unpaired) electrons. The van der Waals surface area contributed by atoms with E-state index in [1.807, 2.05) is 36.4 Å². The number of carboxylic acid groups (broad SMARTS) is 1. The second kappa shape index (κ2) is 9.94. The van der Waals surface area contributed by atoms with Gasteiger partial charge < -0.3 is 20.5 Å². The van der Waals surface area contributed by atoms with Crippen molar-refractivity contribution in [2.24, 2.45) is 11.8 Å². The first kappa shape index (κ1) is 23.1. The van der Waals surface area contributed by atoms with Crippen LogP contribution >= 0.6 is 0 Å². The lowest BCUT2D eigenvalue weighted by molar-refractivity contribution is -0.137. The van der Waals surface area contributed by atoms with Gasteiger partial charge in [0, 0.05) is 18.4 Å². The van der Waals surface area contributed by atoms with Crippen LogP contribution in [0, 0.1) is 11.8 Å². The van der Waals surface area contributed by atoms with Crippen molar-refractivity contribution in [3.05, 3.63) is 71.8 Å². The summed E-state index contributed by atoms with van der Waals surface area (Å²) in [6, 6.07) is 15.2. The van der Waals surface area contributed by atoms with Crippen molar-refractivity contribution in [1.29, 1.82) is 0 Å². The van der Waals surface area contributed by atoms with Crippen molar-refractivity contribution >= 4 is 18.0 Å². The number of alkyl carbamates (subject to hydrolysis) is 1. The van der Waals surface area contributed by atoms with Crippen LogP contribution in [-0.4, -0.2) is 41.8 Å². The third-order valence-electron chi connectivity index (χ3n) is 7.50. The number of carboxylic acids is 1. The molecular formula is C28H30N2O5. The lowest BCUT2D eigenvalue weighted by Crippen LogP contribution is -2.53. The van der Waals surface area contributed by atoms with Gasteiger partial charge in [0.15, 0.2) is 0 Å². The molecule has 4 aliphatic carbocycles. The highest BCUT2D eigenvalue weighted by Crippen LogP contribution is 2.44. The minimum absolute atomic E-state index is 0.00200. The average molecular weight is 475 g/mol. The van der Waals surface area contributed by atoms with E-state index < -0.39 is 18.1 Å². The van der Waals surface area contributed by atoms with Crippen molar-refractivity contribution in [2.75, 3.05) is 6.61 Å². The van der Waals surface area contributed by atoms with Crippen molar-refractivity contribution in [3.63, 3.8) is 0 Å². The second-order valence-electron chi connectivity index (χ2n) is 9.69. The first-order chi connectivity index (χ1) is 17.0. The molecule has 2 aromatic rings. The molecule has 0 spiro atoms. The molecule has 4 atom stereocenters. The molecule has 182 valence electrons. The summed E-state index contributed by atoms with van der Waals surface area (Å²) in [6.45, 7) is 0.129. The van der Waals surface area contributed by atoms with Crippen molar-refractivity contribution in [3.8, 4) is 11.1 Å². The number of rotatable bonds is 8. The van der Waals surface area contributed by atoms with E-state index >= 15 is 0 Å². The van der Waals surface area contributed by atoms with Crippen LogP contribution in [0.15, 0.2) is 60.7 Å². The summed E-state index contributed by atoms with van der Waals surface area (Å²) < 4.78 is 5.58. The smallest absolute Gasteiger partial charge is 0.407 e. The number of fused-ring (bicyclic) bond motifs is 5. The molecule has 3 N–H and O–H groups in total. The number of carbonyl (C=O) groups is 3. The quantitative estimate of drug-likeness (QED) is 0.497. The van der Waals surface area contributed by atoms with Crippen molar-refractivity contribution < 1.29 is 24.2 Å². The highest BCUT2D eigenvalue weighted by Gasteiger charge is 2.35. The number of allylic oxidation sites excluding steroid dienone is 1. The van der Waals surface area contributed by atoms with Crippen LogP contribution in [0.2, 0.25) is 0 Å². The summed E-state index contributed by atoms with van der Waals surface area (Å²) in [5.41, 5.74) is 4.46. The standard InChI is InChI=1S/C28H30N2O5/c31-26(32)14-13-24(27(33)29-25-15-17-9-11-18(25)12-10-17)30-28(34)35-16-23-21-7-3-1-5-19(21)20-6-2-4-8-22(20)23/h1-9,11,17-18,23-25H,10,12-16H2,(H,29,33)(H,30,34)(H,31,32). The second-order valence-corrected chi connectivity index (χ2v) is 9.69. The van der Waals surface area contributed by atoms with Gasteiger partial charge in [0.25, 0.3) is 0 Å². The molecule has 6 rings (SSSR count). The monoisotopic (exact) mass is 474 g/mol. The van der Waals surface area contributed by atoms with Gasteiger partial charge >= 0.3 is 12.1 Å². The maximum Gasteiger partial charge on any atom is 0.407 e. The van der Waals surface area contributed by atoms with Gasteiger partial charge in [0.1, 0.15) is 12.6 Å². The van der Waals surface area contributed by atoms with Crippen LogP contribution in [0.25, 0.3) is 11.1 Å². The molecule has 2 amide bonds. The van der Waals surface area contributed by atoms with Crippen LogP contribution in [0.4, 0.5) is 4.79 Å². The number of hydrogen-bond donors (Lipinski definition) is 3. The van der Waals surface area contributed by atoms with E-state index in [0.717, 1.165) is 41.5 Å². The molecular weight excluding hydrogens is 444 g/mol. The molecule has 0 aromatic heterocycles. The topological polar surface area (TPSA) is 105 Å². The minimum atomic E-state index is -1.02. The van der Waals surface area contributed by atoms with Gasteiger partial charge in [-0.3, -0.25) is 9.59 Å². The van der Waals surface area contributed by atoms with Gasteiger partial charge in [0.2, 0.25) is 5.91 Å². The van der Waals surface area contributed by atoms with Crippen LogP contribution in [0.1, 0.15) is 49.1 Å². The fourth-order valence-corrected chi connectivity index (χ4v) is 5.70. The molecule has 7 nitrogen and oxygen atoms in total. The average Bonchev–Trinajstić information content (AvgIpc) is 3.19. The summed E-state index contributed by atoms with van der Waals surface area (Å²) >= 11 is 0. The highest BCUT2D eigenvalue weighted by atomic mass is 16.5. The number of nitrogens with one attached hydrogen (secondary N) is 2. The van der Waals surface area contributed by atoms with E-state index in [1.165, 1.54) is 0 Å². The lowest BCUT2D eigenvalue weighted by Gasteiger charge is -2.38. The third-order valence-corrected chi connectivity index (χ3v) is 7.50. The number of hydrogen-bond acceptors (Lipinski definition) is 4. The largest absolute Gasteiger partial charge is 0.481 e. The Balaban J connectivity index is 1.23. The van der Waals surface area contributed by atoms with E-state index in [-0.39, 0.29) is 37.3 Å². The molecule has 0 aliphatic heterocycles. The summed E-state index contributed by atoms with van der Waals surface area (Å²) in [6.07, 6.45) is 6.48. The first-order valence-electron chi connectivity index (χ1n) is 12.3. The fraction of sp³-hybridized carbons (Fsp3) is 0.393. The van der Waals surface area contributed by atoms with Gasteiger partial charge in [-0.05, 0) is 59.8 Å². The van der Waals surface area contributed by atoms with E-state index in [4.69, 9.17) is 9.84 Å². The molecule has 2 aromatic carbocycles. The summed E-state index contributed by atoms with van der Waals surface area (Å²) in [5.74, 6) is -0.706. The van der Waals surface area contributed by atoms with Crippen LogP contribution < -0.4 is 10.6 Å². The molecule has 0 heterocycles. The Hall–Kier alpha value is -3.61. The van der Waals surface area contributed by atoms with Gasteiger partial charge in [-0.2, -0.15) is 0 Å². The number of aliphatic carboxylic acids is 1. The Morgan fingerprint density at radius 2 is 1.66 bits per heavy atom. The predicted octanol–water partition coefficient (Wildman–Crippen LogP) is 4.23. The van der Waals surface area contributed by atoms with Crippen molar-refractivity contribution in [2.45, 2.75) is 50.1 Å². The Morgan fingerprint density at radius 1 is 0.971 bits per heavy atom. The van der Waals surface area contributed by atoms with E-state index in [0.29, 0.717) is 11.8 Å². The zero-order chi connectivity index (χ0) is 24.4. The van der Waals surface area contributed by atoms with E-state index in [2.05, 4.69) is 34.9 Å². The Kier molecular flexibility index (Phi) is 6.57. The first-order valence-corrected chi connectivity index (χ1v) is 12.3. The van der Waals surface area contributed by atoms with Gasteiger partial charge in [-0.25, -0.2) is 4.79 Å². The minimum Gasteiger partial charge on any atom is -0.481 e. The number of benzene rings is 2. The molecule has 7 heteroatoms. The Labute approximate surface area is 204 Å². The number of amides is 2. The molecule has 4 unspecified atom stereocenters. The predicted molar refractivity (Wildman–Crippen MR) is 131 cm³/mol. The van der Waals surface area contributed by atoms with Crippen LogP contribution in [0.3, 0.4) is 0 Å². The van der Waals surface area contributed by atoms with Gasteiger partial charge in [0.05, 0.1) is 0 Å². The molecule has 2 bridgehead atoms. The summed E-state index contributed by atoms with van der Waals surface area (Å²) in [4.78, 5) is 36.9. The molecule has 4 aliphatic rings. The summed E-state index contributed by atoms with van der Waals surface area (Å²) in [5, 5.41) is 14.8. The number of ether oxygens (including phenoxy) is 1. The van der Waals surface area contributed by atoms with Crippen molar-refractivity contribution in [1.82, 2.24) is 10.6 Å². The normalized spacial score (nSPS) is 22.7. The Bertz CT molecular complexity index is 1110. The zero-order valence-corrected chi connectivity index (χ0v) is 19.5. The maximum absolute atomic E-state index is 13.0. The zero-order valence-electron chi connectivity index (χ0n) is 19.5. The highest BCUT2D eigenvalue weighted by molar-refractivity contribution is 5.86. The van der Waals surface area contributed by atoms with Crippen LogP contribution in [-0.2, 0) is 14.3 Å². The molecule has 0 saturated heterocycles. The SMILES string of the molecule is O=C(O)CCC(NC(=O)OCC1c2ccccc2-c2ccccc21)C(=O)NC1CC2C=CC1CC2. The summed E-state index contributed by atoms with van der Waals surface area (Å²) in [7, 11) is 0. The fourth-order valence-electron chi connectivity index (χ4n) is 5.70. The molecule has 35 heavy (non-hydrogen) atoms. The van der Waals surface area contributed by atoms with Gasteiger partial charge in [-0.1, -0.05) is 60.7 Å². The van der Waals surface area contributed by atoms with Crippen LogP contribution in [0.5, 0.6) is 0 Å². The van der Waals surface area contributed by atoms with Gasteiger partial charge in [-0.15, -0.1) is 0 Å². The van der Waals surface area contributed by atoms with E-state index in [1.54, 1.807) is 0 Å². The number of carbonyl (C=O) groups excluding carboxylic acids is 2. The van der Waals surface area contributed by atoms with E-state index in [9.17, 15) is 14.4 Å². The molecule has 1 fully saturated rings. The lowest BCUT2D eigenvalue weighted by atomic mass is 9.73. The Morgan fingerprint density at radius 3 is 2.23 bits per heavy atom. The third kappa shape index (κ3) is 4.94. The maximum atomic E-state index is 13.0.